The summed E-state index contributed by atoms with van der Waals surface area (Å²) >= 11 is 0. The first-order chi connectivity index (χ1) is 13.0. The van der Waals surface area contributed by atoms with Crippen molar-refractivity contribution in [2.75, 3.05) is 26.2 Å². The molecule has 2 aliphatic heterocycles. The number of aromatic nitrogens is 1. The molecule has 1 amide bonds. The Hall–Kier alpha value is -2.34. The van der Waals surface area contributed by atoms with Crippen molar-refractivity contribution in [2.45, 2.75) is 25.8 Å². The van der Waals surface area contributed by atoms with Crippen molar-refractivity contribution >= 4 is 5.91 Å². The molecule has 6 heteroatoms. The molecular formula is C21H23F2N3O. The first-order valence-corrected chi connectivity index (χ1v) is 9.40. The standard InChI is InChI=1S/C21H23F2N3O/c22-18-3-2-16(12-19(18)23)13-25-10-1-6-21(14-25)7-11-26(15-21)20(27)17-4-8-24-9-5-17/h2-5,8-9,12H,1,6-7,10-11,13-15H2. The fourth-order valence-corrected chi connectivity index (χ4v) is 4.46. The molecular weight excluding hydrogens is 348 g/mol. The van der Waals surface area contributed by atoms with Gasteiger partial charge in [-0.05, 0) is 55.6 Å². The predicted octanol–water partition coefficient (Wildman–Crippen LogP) is 3.49. The van der Waals surface area contributed by atoms with E-state index in [2.05, 4.69) is 9.88 Å². The molecule has 3 heterocycles. The van der Waals surface area contributed by atoms with Gasteiger partial charge in [-0.15, -0.1) is 0 Å². The maximum atomic E-state index is 13.5. The SMILES string of the molecule is O=C(c1ccncc1)N1CCC2(CCCN(Cc3ccc(F)c(F)c3)C2)C1. The zero-order chi connectivity index (χ0) is 18.9. The fourth-order valence-electron chi connectivity index (χ4n) is 4.46. The first-order valence-electron chi connectivity index (χ1n) is 9.40. The highest BCUT2D eigenvalue weighted by Crippen LogP contribution is 2.39. The smallest absolute Gasteiger partial charge is 0.253 e. The number of pyridine rings is 1. The molecule has 2 aliphatic rings. The van der Waals surface area contributed by atoms with Crippen molar-refractivity contribution in [1.29, 1.82) is 0 Å². The Labute approximate surface area is 157 Å². The number of piperidine rings is 1. The lowest BCUT2D eigenvalue weighted by Gasteiger charge is -2.40. The Balaban J connectivity index is 1.42. The van der Waals surface area contributed by atoms with Crippen molar-refractivity contribution in [3.05, 3.63) is 65.5 Å². The third-order valence-corrected chi connectivity index (χ3v) is 5.78. The van der Waals surface area contributed by atoms with E-state index in [1.807, 2.05) is 4.90 Å². The molecule has 0 radical (unpaired) electrons. The molecule has 2 aromatic rings. The van der Waals surface area contributed by atoms with E-state index < -0.39 is 11.6 Å². The molecule has 1 unspecified atom stereocenters. The largest absolute Gasteiger partial charge is 0.338 e. The number of halogens is 2. The van der Waals surface area contributed by atoms with Crippen molar-refractivity contribution in [3.8, 4) is 0 Å². The van der Waals surface area contributed by atoms with Gasteiger partial charge < -0.3 is 4.90 Å². The zero-order valence-electron chi connectivity index (χ0n) is 15.2. The van der Waals surface area contributed by atoms with Crippen LogP contribution in [0.2, 0.25) is 0 Å². The topological polar surface area (TPSA) is 36.4 Å². The Morgan fingerprint density at radius 3 is 2.63 bits per heavy atom. The van der Waals surface area contributed by atoms with Gasteiger partial charge >= 0.3 is 0 Å². The van der Waals surface area contributed by atoms with Crippen LogP contribution < -0.4 is 0 Å². The number of hydrogen-bond acceptors (Lipinski definition) is 3. The zero-order valence-corrected chi connectivity index (χ0v) is 15.2. The lowest BCUT2D eigenvalue weighted by atomic mass is 9.79. The Kier molecular flexibility index (Phi) is 4.91. The van der Waals surface area contributed by atoms with Crippen molar-refractivity contribution < 1.29 is 13.6 Å². The van der Waals surface area contributed by atoms with Gasteiger partial charge in [0.05, 0.1) is 0 Å². The van der Waals surface area contributed by atoms with E-state index in [-0.39, 0.29) is 11.3 Å². The van der Waals surface area contributed by atoms with Gasteiger partial charge in [-0.25, -0.2) is 8.78 Å². The summed E-state index contributed by atoms with van der Waals surface area (Å²) < 4.78 is 26.6. The Bertz CT molecular complexity index is 829. The van der Waals surface area contributed by atoms with E-state index in [0.717, 1.165) is 51.0 Å². The number of carbonyl (C=O) groups excluding carboxylic acids is 1. The molecule has 1 atom stereocenters. The highest BCUT2D eigenvalue weighted by Gasteiger charge is 2.42. The van der Waals surface area contributed by atoms with Gasteiger partial charge in [0.15, 0.2) is 11.6 Å². The summed E-state index contributed by atoms with van der Waals surface area (Å²) in [6.45, 7) is 3.95. The van der Waals surface area contributed by atoms with Crippen LogP contribution in [0, 0.1) is 17.0 Å². The number of carbonyl (C=O) groups is 1. The number of likely N-dealkylation sites (tertiary alicyclic amines) is 2. The molecule has 4 rings (SSSR count). The minimum Gasteiger partial charge on any atom is -0.338 e. The highest BCUT2D eigenvalue weighted by molar-refractivity contribution is 5.94. The lowest BCUT2D eigenvalue weighted by molar-refractivity contribution is 0.0675. The fraction of sp³-hybridized carbons (Fsp3) is 0.429. The summed E-state index contributed by atoms with van der Waals surface area (Å²) in [6.07, 6.45) is 6.42. The molecule has 1 spiro atoms. The molecule has 2 saturated heterocycles. The molecule has 4 nitrogen and oxygen atoms in total. The summed E-state index contributed by atoms with van der Waals surface area (Å²) in [6, 6.07) is 7.63. The summed E-state index contributed by atoms with van der Waals surface area (Å²) in [5.74, 6) is -1.55. The highest BCUT2D eigenvalue weighted by atomic mass is 19.2. The van der Waals surface area contributed by atoms with Crippen LogP contribution >= 0.6 is 0 Å². The number of nitrogens with zero attached hydrogens (tertiary/aromatic N) is 3. The molecule has 0 aliphatic carbocycles. The van der Waals surface area contributed by atoms with Crippen LogP contribution in [0.5, 0.6) is 0 Å². The van der Waals surface area contributed by atoms with E-state index in [9.17, 15) is 13.6 Å². The minimum absolute atomic E-state index is 0.0620. The van der Waals surface area contributed by atoms with Crippen LogP contribution in [-0.4, -0.2) is 46.9 Å². The molecule has 0 saturated carbocycles. The Morgan fingerprint density at radius 2 is 1.85 bits per heavy atom. The van der Waals surface area contributed by atoms with E-state index in [1.54, 1.807) is 30.6 Å². The third kappa shape index (κ3) is 3.86. The van der Waals surface area contributed by atoms with E-state index in [1.165, 1.54) is 12.1 Å². The second-order valence-corrected chi connectivity index (χ2v) is 7.78. The molecule has 0 bridgehead atoms. The van der Waals surface area contributed by atoms with Gasteiger partial charge in [-0.3, -0.25) is 14.7 Å². The predicted molar refractivity (Wildman–Crippen MR) is 98.1 cm³/mol. The van der Waals surface area contributed by atoms with Gasteiger partial charge in [-0.1, -0.05) is 6.07 Å². The van der Waals surface area contributed by atoms with E-state index >= 15 is 0 Å². The van der Waals surface area contributed by atoms with Gasteiger partial charge in [0.2, 0.25) is 0 Å². The first kappa shape index (κ1) is 18.0. The number of benzene rings is 1. The second kappa shape index (κ2) is 7.35. The van der Waals surface area contributed by atoms with Crippen molar-refractivity contribution in [2.24, 2.45) is 5.41 Å². The van der Waals surface area contributed by atoms with Crippen LogP contribution in [0.25, 0.3) is 0 Å². The van der Waals surface area contributed by atoms with Crippen LogP contribution in [0.15, 0.2) is 42.7 Å². The average Bonchev–Trinajstić information content (AvgIpc) is 3.08. The van der Waals surface area contributed by atoms with Gasteiger partial charge in [0, 0.05) is 49.6 Å². The van der Waals surface area contributed by atoms with Gasteiger partial charge in [0.1, 0.15) is 0 Å². The molecule has 0 N–H and O–H groups in total. The molecule has 27 heavy (non-hydrogen) atoms. The normalized spacial score (nSPS) is 23.1. The van der Waals surface area contributed by atoms with Crippen LogP contribution in [0.3, 0.4) is 0 Å². The molecule has 1 aromatic heterocycles. The number of rotatable bonds is 3. The third-order valence-electron chi connectivity index (χ3n) is 5.78. The summed E-state index contributed by atoms with van der Waals surface area (Å²) in [5.41, 5.74) is 1.56. The van der Waals surface area contributed by atoms with Crippen LogP contribution in [0.1, 0.15) is 35.2 Å². The Morgan fingerprint density at radius 1 is 1.04 bits per heavy atom. The molecule has 2 fully saturated rings. The maximum Gasteiger partial charge on any atom is 0.253 e. The van der Waals surface area contributed by atoms with Crippen molar-refractivity contribution in [1.82, 2.24) is 14.8 Å². The van der Waals surface area contributed by atoms with E-state index in [0.29, 0.717) is 12.1 Å². The average molecular weight is 371 g/mol. The summed E-state index contributed by atoms with van der Waals surface area (Å²) in [7, 11) is 0. The minimum atomic E-state index is -0.810. The van der Waals surface area contributed by atoms with E-state index in [4.69, 9.17) is 0 Å². The number of amides is 1. The molecule has 1 aromatic carbocycles. The van der Waals surface area contributed by atoms with Crippen molar-refractivity contribution in [3.63, 3.8) is 0 Å². The summed E-state index contributed by atoms with van der Waals surface area (Å²) in [4.78, 5) is 20.9. The van der Waals surface area contributed by atoms with Crippen LogP contribution in [-0.2, 0) is 6.54 Å². The number of hydrogen-bond donors (Lipinski definition) is 0. The quantitative estimate of drug-likeness (QED) is 0.829. The van der Waals surface area contributed by atoms with Gasteiger partial charge in [-0.2, -0.15) is 0 Å². The maximum absolute atomic E-state index is 13.5. The molecule has 142 valence electrons. The second-order valence-electron chi connectivity index (χ2n) is 7.78. The van der Waals surface area contributed by atoms with Gasteiger partial charge in [0.25, 0.3) is 5.91 Å². The van der Waals surface area contributed by atoms with Crippen LogP contribution in [0.4, 0.5) is 8.78 Å². The summed E-state index contributed by atoms with van der Waals surface area (Å²) in [5, 5.41) is 0. The monoisotopic (exact) mass is 371 g/mol. The lowest BCUT2D eigenvalue weighted by Crippen LogP contribution is -2.45.